The van der Waals surface area contributed by atoms with E-state index in [2.05, 4.69) is 4.98 Å². The SMILES string of the molecule is COc1ccc2nc3c(cc2c1)CCN3C(=O)c1ccc(C(F)(F)F)cc1. The van der Waals surface area contributed by atoms with Gasteiger partial charge in [0.25, 0.3) is 5.91 Å². The summed E-state index contributed by atoms with van der Waals surface area (Å²) in [4.78, 5) is 18.9. The highest BCUT2D eigenvalue weighted by Gasteiger charge is 2.31. The van der Waals surface area contributed by atoms with E-state index in [1.807, 2.05) is 18.2 Å². The maximum atomic E-state index is 12.8. The van der Waals surface area contributed by atoms with Gasteiger partial charge in [-0.15, -0.1) is 0 Å². The standard InChI is InChI=1S/C20H15F3N2O2/c1-27-16-6-7-17-14(11-16)10-13-8-9-25(18(13)24-17)19(26)12-2-4-15(5-3-12)20(21,22)23/h2-7,10-11H,8-9H2,1H3. The first-order chi connectivity index (χ1) is 12.9. The minimum Gasteiger partial charge on any atom is -0.497 e. The Morgan fingerprint density at radius 1 is 1.11 bits per heavy atom. The lowest BCUT2D eigenvalue weighted by Crippen LogP contribution is -2.29. The molecule has 2 aromatic carbocycles. The van der Waals surface area contributed by atoms with Crippen LogP contribution in [-0.4, -0.2) is 24.5 Å². The summed E-state index contributed by atoms with van der Waals surface area (Å²) in [5, 5.41) is 0.914. The average molecular weight is 372 g/mol. The van der Waals surface area contributed by atoms with Gasteiger partial charge < -0.3 is 4.74 Å². The number of hydrogen-bond acceptors (Lipinski definition) is 3. The second-order valence-electron chi connectivity index (χ2n) is 6.31. The zero-order valence-electron chi connectivity index (χ0n) is 14.4. The number of pyridine rings is 1. The van der Waals surface area contributed by atoms with Crippen LogP contribution >= 0.6 is 0 Å². The summed E-state index contributed by atoms with van der Waals surface area (Å²) in [5.74, 6) is 0.917. The van der Waals surface area contributed by atoms with Crippen LogP contribution in [0.3, 0.4) is 0 Å². The van der Waals surface area contributed by atoms with Gasteiger partial charge in [0, 0.05) is 17.5 Å². The van der Waals surface area contributed by atoms with Crippen LogP contribution in [0.1, 0.15) is 21.5 Å². The van der Waals surface area contributed by atoms with Crippen LogP contribution in [0, 0.1) is 0 Å². The molecule has 2 heterocycles. The number of methoxy groups -OCH3 is 1. The topological polar surface area (TPSA) is 42.4 Å². The van der Waals surface area contributed by atoms with E-state index in [4.69, 9.17) is 4.74 Å². The van der Waals surface area contributed by atoms with Gasteiger partial charge in [0.2, 0.25) is 0 Å². The minimum atomic E-state index is -4.43. The molecule has 0 saturated heterocycles. The number of rotatable bonds is 2. The van der Waals surface area contributed by atoms with Crippen molar-refractivity contribution < 1.29 is 22.7 Å². The number of halogens is 3. The summed E-state index contributed by atoms with van der Waals surface area (Å²) in [6.45, 7) is 0.440. The average Bonchev–Trinajstić information content (AvgIpc) is 3.07. The third kappa shape index (κ3) is 3.09. The molecule has 3 aromatic rings. The molecule has 0 saturated carbocycles. The first-order valence-corrected chi connectivity index (χ1v) is 8.33. The number of alkyl halides is 3. The third-order valence-electron chi connectivity index (χ3n) is 4.64. The molecular weight excluding hydrogens is 357 g/mol. The van der Waals surface area contributed by atoms with Gasteiger partial charge in [-0.25, -0.2) is 4.98 Å². The number of anilines is 1. The summed E-state index contributed by atoms with van der Waals surface area (Å²) in [5.41, 5.74) is 1.07. The van der Waals surface area contributed by atoms with E-state index in [1.54, 1.807) is 13.2 Å². The fourth-order valence-electron chi connectivity index (χ4n) is 3.23. The molecule has 1 aliphatic heterocycles. The van der Waals surface area contributed by atoms with Crippen LogP contribution in [0.2, 0.25) is 0 Å². The number of nitrogens with zero attached hydrogens (tertiary/aromatic N) is 2. The van der Waals surface area contributed by atoms with Crippen molar-refractivity contribution in [1.29, 1.82) is 0 Å². The number of hydrogen-bond donors (Lipinski definition) is 0. The number of amides is 1. The second-order valence-corrected chi connectivity index (χ2v) is 6.31. The normalized spacial score (nSPS) is 13.7. The number of aromatic nitrogens is 1. The molecule has 0 atom stereocenters. The van der Waals surface area contributed by atoms with E-state index < -0.39 is 11.7 Å². The Hall–Kier alpha value is -3.09. The molecule has 0 unspecified atom stereocenters. The molecule has 4 rings (SSSR count). The quantitative estimate of drug-likeness (QED) is 0.667. The highest BCUT2D eigenvalue weighted by Crippen LogP contribution is 2.33. The molecule has 7 heteroatoms. The van der Waals surface area contributed by atoms with E-state index in [0.717, 1.165) is 34.3 Å². The molecule has 1 aromatic heterocycles. The molecule has 27 heavy (non-hydrogen) atoms. The molecule has 4 nitrogen and oxygen atoms in total. The molecule has 0 radical (unpaired) electrons. The Kier molecular flexibility index (Phi) is 4.02. The number of ether oxygens (including phenoxy) is 1. The van der Waals surface area contributed by atoms with Crippen LogP contribution in [0.15, 0.2) is 48.5 Å². The monoisotopic (exact) mass is 372 g/mol. The van der Waals surface area contributed by atoms with Gasteiger partial charge in [-0.2, -0.15) is 13.2 Å². The maximum absolute atomic E-state index is 12.8. The van der Waals surface area contributed by atoms with Crippen molar-refractivity contribution in [3.8, 4) is 5.75 Å². The van der Waals surface area contributed by atoms with Crippen LogP contribution in [0.25, 0.3) is 10.9 Å². The van der Waals surface area contributed by atoms with Crippen molar-refractivity contribution in [2.75, 3.05) is 18.6 Å². The van der Waals surface area contributed by atoms with Crippen molar-refractivity contribution in [3.05, 3.63) is 65.2 Å². The molecule has 0 fully saturated rings. The lowest BCUT2D eigenvalue weighted by molar-refractivity contribution is -0.137. The number of carbonyl (C=O) groups excluding carboxylic acids is 1. The van der Waals surface area contributed by atoms with Crippen LogP contribution in [-0.2, 0) is 12.6 Å². The van der Waals surface area contributed by atoms with Gasteiger partial charge in [0.05, 0.1) is 18.2 Å². The van der Waals surface area contributed by atoms with Gasteiger partial charge in [-0.05, 0) is 60.5 Å². The Bertz CT molecular complexity index is 1030. The predicted octanol–water partition coefficient (Wildman–Crippen LogP) is 4.47. The van der Waals surface area contributed by atoms with E-state index in [0.29, 0.717) is 18.8 Å². The van der Waals surface area contributed by atoms with Crippen molar-refractivity contribution in [1.82, 2.24) is 4.98 Å². The number of carbonyl (C=O) groups is 1. The molecule has 0 aliphatic carbocycles. The van der Waals surface area contributed by atoms with Crippen LogP contribution in [0.4, 0.5) is 19.0 Å². The lowest BCUT2D eigenvalue weighted by atomic mass is 10.1. The summed E-state index contributed by atoms with van der Waals surface area (Å²) in [7, 11) is 1.59. The molecule has 0 bridgehead atoms. The van der Waals surface area contributed by atoms with Crippen molar-refractivity contribution in [3.63, 3.8) is 0 Å². The summed E-state index contributed by atoms with van der Waals surface area (Å²) in [6.07, 6.45) is -3.79. The molecule has 138 valence electrons. The largest absolute Gasteiger partial charge is 0.497 e. The highest BCUT2D eigenvalue weighted by atomic mass is 19.4. The highest BCUT2D eigenvalue weighted by molar-refractivity contribution is 6.07. The summed E-state index contributed by atoms with van der Waals surface area (Å²) >= 11 is 0. The molecule has 1 aliphatic rings. The van der Waals surface area contributed by atoms with Gasteiger partial charge in [-0.1, -0.05) is 0 Å². The van der Waals surface area contributed by atoms with E-state index in [1.165, 1.54) is 17.0 Å². The molecule has 0 N–H and O–H groups in total. The Morgan fingerprint density at radius 2 is 1.85 bits per heavy atom. The zero-order chi connectivity index (χ0) is 19.2. The lowest BCUT2D eigenvalue weighted by Gasteiger charge is -2.17. The van der Waals surface area contributed by atoms with Gasteiger partial charge >= 0.3 is 6.18 Å². The molecule has 0 spiro atoms. The van der Waals surface area contributed by atoms with Crippen molar-refractivity contribution >= 4 is 22.6 Å². The maximum Gasteiger partial charge on any atom is 0.416 e. The first-order valence-electron chi connectivity index (χ1n) is 8.33. The summed E-state index contributed by atoms with van der Waals surface area (Å²) in [6, 6.07) is 11.7. The van der Waals surface area contributed by atoms with E-state index in [-0.39, 0.29) is 11.5 Å². The fourth-order valence-corrected chi connectivity index (χ4v) is 3.23. The van der Waals surface area contributed by atoms with Gasteiger partial charge in [-0.3, -0.25) is 9.69 Å². The molecule has 1 amide bonds. The molecular formula is C20H15F3N2O2. The first kappa shape index (κ1) is 17.3. The summed E-state index contributed by atoms with van der Waals surface area (Å²) < 4.78 is 43.3. The van der Waals surface area contributed by atoms with Gasteiger partial charge in [0.15, 0.2) is 0 Å². The number of benzene rings is 2. The van der Waals surface area contributed by atoms with Crippen molar-refractivity contribution in [2.24, 2.45) is 0 Å². The Balaban J connectivity index is 1.67. The van der Waals surface area contributed by atoms with Crippen LogP contribution in [0.5, 0.6) is 5.75 Å². The smallest absolute Gasteiger partial charge is 0.416 e. The Morgan fingerprint density at radius 3 is 2.52 bits per heavy atom. The Labute approximate surface area is 153 Å². The van der Waals surface area contributed by atoms with Crippen LogP contribution < -0.4 is 9.64 Å². The third-order valence-corrected chi connectivity index (χ3v) is 4.64. The predicted molar refractivity (Wildman–Crippen MR) is 95.1 cm³/mol. The number of fused-ring (bicyclic) bond motifs is 2. The van der Waals surface area contributed by atoms with E-state index in [9.17, 15) is 18.0 Å². The van der Waals surface area contributed by atoms with Gasteiger partial charge in [0.1, 0.15) is 11.6 Å². The van der Waals surface area contributed by atoms with Crippen molar-refractivity contribution in [2.45, 2.75) is 12.6 Å². The zero-order valence-corrected chi connectivity index (χ0v) is 14.4. The second kappa shape index (κ2) is 6.26. The minimum absolute atomic E-state index is 0.201. The fraction of sp³-hybridized carbons (Fsp3) is 0.200. The van der Waals surface area contributed by atoms with E-state index >= 15 is 0 Å².